The first-order valence-electron chi connectivity index (χ1n) is 6.63. The van der Waals surface area contributed by atoms with Crippen LogP contribution in [0.5, 0.6) is 5.75 Å². The first kappa shape index (κ1) is 15.5. The van der Waals surface area contributed by atoms with Crippen molar-refractivity contribution in [1.29, 1.82) is 0 Å². The van der Waals surface area contributed by atoms with Gasteiger partial charge in [0.2, 0.25) is 0 Å². The minimum atomic E-state index is -0.337. The molecule has 1 rings (SSSR count). The normalized spacial score (nSPS) is 11.5. The van der Waals surface area contributed by atoms with Gasteiger partial charge in [-0.15, -0.1) is 0 Å². The molecule has 0 N–H and O–H groups in total. The van der Waals surface area contributed by atoms with Crippen LogP contribution in [0.15, 0.2) is 18.2 Å². The Morgan fingerprint density at radius 1 is 1.26 bits per heavy atom. The largest absolute Gasteiger partial charge is 0.482 e. The van der Waals surface area contributed by atoms with Gasteiger partial charge in [-0.1, -0.05) is 32.9 Å². The quantitative estimate of drug-likeness (QED) is 0.779. The molecular formula is C16H24O3. The Kier molecular flexibility index (Phi) is 4.98. The fraction of sp³-hybridized carbons (Fsp3) is 0.562. The Balaban J connectivity index is 2.82. The van der Waals surface area contributed by atoms with E-state index in [-0.39, 0.29) is 24.1 Å². The van der Waals surface area contributed by atoms with Gasteiger partial charge in [-0.3, -0.25) is 0 Å². The molecule has 0 fully saturated rings. The van der Waals surface area contributed by atoms with Gasteiger partial charge < -0.3 is 9.47 Å². The molecule has 0 atom stereocenters. The van der Waals surface area contributed by atoms with Crippen LogP contribution in [0, 0.1) is 6.92 Å². The van der Waals surface area contributed by atoms with Crippen molar-refractivity contribution in [2.24, 2.45) is 0 Å². The van der Waals surface area contributed by atoms with E-state index < -0.39 is 0 Å². The summed E-state index contributed by atoms with van der Waals surface area (Å²) in [6.45, 7) is 12.0. The van der Waals surface area contributed by atoms with Crippen molar-refractivity contribution in [3.63, 3.8) is 0 Å². The van der Waals surface area contributed by atoms with E-state index >= 15 is 0 Å². The van der Waals surface area contributed by atoms with E-state index in [1.165, 1.54) is 0 Å². The fourth-order valence-corrected chi connectivity index (χ4v) is 1.80. The van der Waals surface area contributed by atoms with Crippen molar-refractivity contribution in [3.05, 3.63) is 29.3 Å². The predicted molar refractivity (Wildman–Crippen MR) is 76.6 cm³/mol. The summed E-state index contributed by atoms with van der Waals surface area (Å²) in [5, 5.41) is 0. The molecule has 0 spiro atoms. The summed E-state index contributed by atoms with van der Waals surface area (Å²) in [5.74, 6) is 0.421. The van der Waals surface area contributed by atoms with Crippen LogP contribution in [0.2, 0.25) is 0 Å². The molecule has 3 nitrogen and oxygen atoms in total. The number of rotatable bonds is 4. The van der Waals surface area contributed by atoms with Gasteiger partial charge in [0.15, 0.2) is 6.61 Å². The van der Waals surface area contributed by atoms with E-state index in [9.17, 15) is 4.79 Å². The van der Waals surface area contributed by atoms with Crippen LogP contribution in [0.25, 0.3) is 0 Å². The molecule has 0 aromatic heterocycles. The summed E-state index contributed by atoms with van der Waals surface area (Å²) in [6, 6.07) is 6.07. The Bertz CT molecular complexity index is 442. The Morgan fingerprint density at radius 3 is 2.42 bits per heavy atom. The lowest BCUT2D eigenvalue weighted by Gasteiger charge is -2.23. The second kappa shape index (κ2) is 6.09. The standard InChI is InChI=1S/C16H24O3/c1-11(2)19-15(17)10-18-14-9-12(3)7-8-13(14)16(4,5)6/h7-9,11H,10H2,1-6H3. The number of benzene rings is 1. The summed E-state index contributed by atoms with van der Waals surface area (Å²) < 4.78 is 10.7. The topological polar surface area (TPSA) is 35.5 Å². The van der Waals surface area contributed by atoms with E-state index in [4.69, 9.17) is 9.47 Å². The SMILES string of the molecule is Cc1ccc(C(C)(C)C)c(OCC(=O)OC(C)C)c1. The van der Waals surface area contributed by atoms with E-state index in [0.29, 0.717) is 0 Å². The van der Waals surface area contributed by atoms with Crippen molar-refractivity contribution in [2.45, 2.75) is 53.1 Å². The van der Waals surface area contributed by atoms with Crippen LogP contribution in [-0.2, 0) is 14.9 Å². The molecule has 0 aliphatic heterocycles. The van der Waals surface area contributed by atoms with Crippen molar-refractivity contribution in [1.82, 2.24) is 0 Å². The van der Waals surface area contributed by atoms with Crippen LogP contribution in [-0.4, -0.2) is 18.7 Å². The molecule has 0 aliphatic carbocycles. The van der Waals surface area contributed by atoms with Crippen molar-refractivity contribution >= 4 is 5.97 Å². The number of hydrogen-bond donors (Lipinski definition) is 0. The van der Waals surface area contributed by atoms with Gasteiger partial charge >= 0.3 is 5.97 Å². The van der Waals surface area contributed by atoms with E-state index in [1.54, 1.807) is 0 Å². The maximum atomic E-state index is 11.5. The molecular weight excluding hydrogens is 240 g/mol. The predicted octanol–water partition coefficient (Wildman–Crippen LogP) is 3.62. The summed E-state index contributed by atoms with van der Waals surface area (Å²) in [5.41, 5.74) is 2.18. The second-order valence-electron chi connectivity index (χ2n) is 6.08. The molecule has 1 aromatic carbocycles. The highest BCUT2D eigenvalue weighted by Crippen LogP contribution is 2.32. The summed E-state index contributed by atoms with van der Waals surface area (Å²) in [6.07, 6.45) is -0.115. The average Bonchev–Trinajstić information content (AvgIpc) is 2.23. The Labute approximate surface area is 115 Å². The maximum Gasteiger partial charge on any atom is 0.344 e. The third-order valence-electron chi connectivity index (χ3n) is 2.66. The van der Waals surface area contributed by atoms with Crippen LogP contribution in [0.1, 0.15) is 45.7 Å². The number of carbonyl (C=O) groups excluding carboxylic acids is 1. The highest BCUT2D eigenvalue weighted by molar-refractivity contribution is 5.71. The van der Waals surface area contributed by atoms with Crippen molar-refractivity contribution in [2.75, 3.05) is 6.61 Å². The highest BCUT2D eigenvalue weighted by atomic mass is 16.6. The molecule has 0 heterocycles. The van der Waals surface area contributed by atoms with Crippen molar-refractivity contribution in [3.8, 4) is 5.75 Å². The maximum absolute atomic E-state index is 11.5. The lowest BCUT2D eigenvalue weighted by molar-refractivity contribution is -0.149. The minimum Gasteiger partial charge on any atom is -0.482 e. The van der Waals surface area contributed by atoms with Gasteiger partial charge in [0.25, 0.3) is 0 Å². The zero-order chi connectivity index (χ0) is 14.6. The Hall–Kier alpha value is -1.51. The number of hydrogen-bond acceptors (Lipinski definition) is 3. The third-order valence-corrected chi connectivity index (χ3v) is 2.66. The molecule has 0 radical (unpaired) electrons. The zero-order valence-corrected chi connectivity index (χ0v) is 12.7. The van der Waals surface area contributed by atoms with Gasteiger partial charge in [-0.25, -0.2) is 4.79 Å². The smallest absolute Gasteiger partial charge is 0.344 e. The first-order valence-corrected chi connectivity index (χ1v) is 6.63. The van der Waals surface area contributed by atoms with Crippen LogP contribution in [0.3, 0.4) is 0 Å². The molecule has 0 amide bonds. The lowest BCUT2D eigenvalue weighted by Crippen LogP contribution is -2.20. The van der Waals surface area contributed by atoms with E-state index in [2.05, 4.69) is 32.9 Å². The molecule has 3 heteroatoms. The van der Waals surface area contributed by atoms with Gasteiger partial charge in [0.05, 0.1) is 6.10 Å². The minimum absolute atomic E-state index is 0.0228. The first-order chi connectivity index (χ1) is 8.70. The molecule has 19 heavy (non-hydrogen) atoms. The molecule has 1 aromatic rings. The van der Waals surface area contributed by atoms with Gasteiger partial charge in [-0.05, 0) is 43.4 Å². The molecule has 0 saturated heterocycles. The van der Waals surface area contributed by atoms with Gasteiger partial charge in [0.1, 0.15) is 5.75 Å². The van der Waals surface area contributed by atoms with E-state index in [1.807, 2.05) is 26.8 Å². The number of esters is 1. The summed E-state index contributed by atoms with van der Waals surface area (Å²) in [7, 11) is 0. The summed E-state index contributed by atoms with van der Waals surface area (Å²) in [4.78, 5) is 11.5. The number of carbonyl (C=O) groups is 1. The molecule has 0 aliphatic rings. The molecule has 0 saturated carbocycles. The number of ether oxygens (including phenoxy) is 2. The zero-order valence-electron chi connectivity index (χ0n) is 12.7. The second-order valence-corrected chi connectivity index (χ2v) is 6.08. The lowest BCUT2D eigenvalue weighted by atomic mass is 9.86. The van der Waals surface area contributed by atoms with Gasteiger partial charge in [0, 0.05) is 0 Å². The average molecular weight is 264 g/mol. The third kappa shape index (κ3) is 4.93. The molecule has 0 unspecified atom stereocenters. The highest BCUT2D eigenvalue weighted by Gasteiger charge is 2.19. The molecule has 0 bridgehead atoms. The monoisotopic (exact) mass is 264 g/mol. The van der Waals surface area contributed by atoms with Gasteiger partial charge in [-0.2, -0.15) is 0 Å². The van der Waals surface area contributed by atoms with E-state index in [0.717, 1.165) is 16.9 Å². The number of aryl methyl sites for hydroxylation is 1. The summed E-state index contributed by atoms with van der Waals surface area (Å²) >= 11 is 0. The van der Waals surface area contributed by atoms with Crippen LogP contribution >= 0.6 is 0 Å². The fourth-order valence-electron chi connectivity index (χ4n) is 1.80. The van der Waals surface area contributed by atoms with Crippen LogP contribution in [0.4, 0.5) is 0 Å². The Morgan fingerprint density at radius 2 is 1.89 bits per heavy atom. The van der Waals surface area contributed by atoms with Crippen LogP contribution < -0.4 is 4.74 Å². The van der Waals surface area contributed by atoms with Crippen molar-refractivity contribution < 1.29 is 14.3 Å². The molecule has 106 valence electrons.